The number of anilines is 1. The van der Waals surface area contributed by atoms with E-state index < -0.39 is 11.9 Å². The maximum Gasteiger partial charge on any atom is 0.306 e. The predicted octanol–water partition coefficient (Wildman–Crippen LogP) is 4.58. The first-order valence-corrected chi connectivity index (χ1v) is 9.69. The Kier molecular flexibility index (Phi) is 7.11. The van der Waals surface area contributed by atoms with Crippen LogP contribution >= 0.6 is 27.3 Å². The van der Waals surface area contributed by atoms with Crippen molar-refractivity contribution in [3.63, 3.8) is 0 Å². The molecular formula is C19H20BrNO4S. The number of hydrogen-bond acceptors (Lipinski definition) is 5. The maximum atomic E-state index is 12.1. The van der Waals surface area contributed by atoms with Gasteiger partial charge in [-0.3, -0.25) is 14.4 Å². The summed E-state index contributed by atoms with van der Waals surface area (Å²) in [5.74, 6) is -1.07. The molecule has 1 amide bonds. The molecule has 7 heteroatoms. The second kappa shape index (κ2) is 9.09. The van der Waals surface area contributed by atoms with E-state index in [0.29, 0.717) is 11.3 Å². The van der Waals surface area contributed by atoms with Crippen LogP contribution in [-0.2, 0) is 14.3 Å². The number of thiophene rings is 1. The van der Waals surface area contributed by atoms with E-state index in [-0.39, 0.29) is 25.2 Å². The summed E-state index contributed by atoms with van der Waals surface area (Å²) in [5, 5.41) is 2.69. The average Bonchev–Trinajstić information content (AvgIpc) is 2.92. The molecule has 0 bridgehead atoms. The van der Waals surface area contributed by atoms with Gasteiger partial charge in [0.05, 0.1) is 6.42 Å². The van der Waals surface area contributed by atoms with E-state index in [2.05, 4.69) is 21.2 Å². The highest BCUT2D eigenvalue weighted by molar-refractivity contribution is 9.10. The Labute approximate surface area is 164 Å². The van der Waals surface area contributed by atoms with Crippen LogP contribution in [0.3, 0.4) is 0 Å². The van der Waals surface area contributed by atoms with E-state index in [9.17, 15) is 14.4 Å². The van der Waals surface area contributed by atoms with E-state index in [1.807, 2.05) is 39.0 Å². The molecule has 0 atom stereocenters. The van der Waals surface area contributed by atoms with Crippen molar-refractivity contribution in [2.75, 3.05) is 11.9 Å². The Morgan fingerprint density at radius 3 is 2.46 bits per heavy atom. The lowest BCUT2D eigenvalue weighted by Crippen LogP contribution is -2.21. The first-order chi connectivity index (χ1) is 12.3. The van der Waals surface area contributed by atoms with Crippen molar-refractivity contribution in [3.05, 3.63) is 49.6 Å². The van der Waals surface area contributed by atoms with Gasteiger partial charge >= 0.3 is 5.97 Å². The van der Waals surface area contributed by atoms with E-state index in [4.69, 9.17) is 4.74 Å². The molecular weight excluding hydrogens is 418 g/mol. The fourth-order valence-electron chi connectivity index (χ4n) is 2.43. The van der Waals surface area contributed by atoms with Crippen molar-refractivity contribution in [3.8, 4) is 0 Å². The van der Waals surface area contributed by atoms with Gasteiger partial charge in [0.25, 0.3) is 5.91 Å². The van der Waals surface area contributed by atoms with E-state index in [1.54, 1.807) is 17.4 Å². The number of rotatable bonds is 7. The molecule has 0 radical (unpaired) electrons. The molecule has 1 aromatic heterocycles. The number of esters is 1. The standard InChI is InChI=1S/C19H20BrNO4S/c1-11-8-14(20)4-5-16(11)21-18(23)10-25-19(24)7-6-17(22)15-9-12(2)26-13(15)3/h4-5,8-9H,6-7,10H2,1-3H3,(H,21,23). The monoisotopic (exact) mass is 437 g/mol. The molecule has 5 nitrogen and oxygen atoms in total. The van der Waals surface area contributed by atoms with Crippen LogP contribution in [0.4, 0.5) is 5.69 Å². The SMILES string of the molecule is Cc1cc(C(=O)CCC(=O)OCC(=O)Nc2ccc(Br)cc2C)c(C)s1. The molecule has 2 rings (SSSR count). The lowest BCUT2D eigenvalue weighted by molar-refractivity contribution is -0.147. The Morgan fingerprint density at radius 2 is 1.85 bits per heavy atom. The van der Waals surface area contributed by atoms with Gasteiger partial charge in [0.2, 0.25) is 0 Å². The molecule has 26 heavy (non-hydrogen) atoms. The molecule has 0 saturated carbocycles. The van der Waals surface area contributed by atoms with Crippen molar-refractivity contribution >= 4 is 50.6 Å². The van der Waals surface area contributed by atoms with Gasteiger partial charge < -0.3 is 10.1 Å². The third-order valence-corrected chi connectivity index (χ3v) is 5.18. The molecule has 1 heterocycles. The normalized spacial score (nSPS) is 10.5. The summed E-state index contributed by atoms with van der Waals surface area (Å²) in [6.45, 7) is 5.32. The molecule has 0 saturated heterocycles. The van der Waals surface area contributed by atoms with Gasteiger partial charge in [0.15, 0.2) is 12.4 Å². The summed E-state index contributed by atoms with van der Waals surface area (Å²) in [5.41, 5.74) is 2.21. The zero-order valence-electron chi connectivity index (χ0n) is 14.8. The van der Waals surface area contributed by atoms with Gasteiger partial charge in [-0.05, 0) is 50.6 Å². The number of ketones is 1. The number of benzene rings is 1. The highest BCUT2D eigenvalue weighted by Crippen LogP contribution is 2.22. The third-order valence-electron chi connectivity index (χ3n) is 3.72. The number of carbonyl (C=O) groups excluding carboxylic acids is 3. The predicted molar refractivity (Wildman–Crippen MR) is 106 cm³/mol. The van der Waals surface area contributed by atoms with Crippen molar-refractivity contribution in [1.82, 2.24) is 0 Å². The van der Waals surface area contributed by atoms with E-state index >= 15 is 0 Å². The van der Waals surface area contributed by atoms with Crippen LogP contribution in [0.15, 0.2) is 28.7 Å². The van der Waals surface area contributed by atoms with Crippen molar-refractivity contribution in [2.45, 2.75) is 33.6 Å². The summed E-state index contributed by atoms with van der Waals surface area (Å²) in [6, 6.07) is 7.29. The minimum atomic E-state index is -0.564. The number of ether oxygens (including phenoxy) is 1. The van der Waals surface area contributed by atoms with Gasteiger partial charge in [-0.2, -0.15) is 0 Å². The van der Waals surface area contributed by atoms with Crippen LogP contribution in [0.5, 0.6) is 0 Å². The Hall–Kier alpha value is -1.99. The number of Topliss-reactive ketones (excluding diaryl/α,β-unsaturated/α-hetero) is 1. The topological polar surface area (TPSA) is 72.5 Å². The van der Waals surface area contributed by atoms with Gasteiger partial charge in [-0.15, -0.1) is 11.3 Å². The molecule has 0 aliphatic heterocycles. The average molecular weight is 438 g/mol. The molecule has 2 aromatic rings. The lowest BCUT2D eigenvalue weighted by Gasteiger charge is -2.09. The summed E-state index contributed by atoms with van der Waals surface area (Å²) < 4.78 is 5.87. The van der Waals surface area contributed by atoms with Gasteiger partial charge in [-0.25, -0.2) is 0 Å². The fraction of sp³-hybridized carbons (Fsp3) is 0.316. The summed E-state index contributed by atoms with van der Waals surface area (Å²) >= 11 is 4.91. The number of amides is 1. The zero-order valence-corrected chi connectivity index (χ0v) is 17.3. The Balaban J connectivity index is 1.76. The second-order valence-electron chi connectivity index (χ2n) is 5.92. The molecule has 138 valence electrons. The van der Waals surface area contributed by atoms with Crippen LogP contribution < -0.4 is 5.32 Å². The number of carbonyl (C=O) groups is 3. The van der Waals surface area contributed by atoms with Gasteiger partial charge in [0, 0.05) is 31.9 Å². The van der Waals surface area contributed by atoms with Crippen LogP contribution in [-0.4, -0.2) is 24.3 Å². The Morgan fingerprint density at radius 1 is 1.12 bits per heavy atom. The van der Waals surface area contributed by atoms with Gasteiger partial charge in [0.1, 0.15) is 0 Å². The lowest BCUT2D eigenvalue weighted by atomic mass is 10.1. The minimum Gasteiger partial charge on any atom is -0.456 e. The highest BCUT2D eigenvalue weighted by atomic mass is 79.9. The molecule has 0 spiro atoms. The van der Waals surface area contributed by atoms with E-state index in [0.717, 1.165) is 19.8 Å². The minimum absolute atomic E-state index is 0.0439. The number of hydrogen-bond donors (Lipinski definition) is 1. The summed E-state index contributed by atoms with van der Waals surface area (Å²) in [6.07, 6.45) is 0.0288. The molecule has 0 fully saturated rings. The van der Waals surface area contributed by atoms with Crippen molar-refractivity contribution < 1.29 is 19.1 Å². The quantitative estimate of drug-likeness (QED) is 0.508. The van der Waals surface area contributed by atoms with Gasteiger partial charge in [-0.1, -0.05) is 15.9 Å². The summed E-state index contributed by atoms with van der Waals surface area (Å²) in [4.78, 5) is 37.8. The molecule has 0 unspecified atom stereocenters. The fourth-order valence-corrected chi connectivity index (χ4v) is 3.85. The highest BCUT2D eigenvalue weighted by Gasteiger charge is 2.15. The van der Waals surface area contributed by atoms with Crippen LogP contribution in [0.25, 0.3) is 0 Å². The summed E-state index contributed by atoms with van der Waals surface area (Å²) in [7, 11) is 0. The maximum absolute atomic E-state index is 12.1. The zero-order chi connectivity index (χ0) is 19.3. The molecule has 0 aliphatic rings. The Bertz CT molecular complexity index is 844. The van der Waals surface area contributed by atoms with Crippen LogP contribution in [0.2, 0.25) is 0 Å². The number of aryl methyl sites for hydroxylation is 3. The van der Waals surface area contributed by atoms with Crippen LogP contribution in [0.1, 0.15) is 38.5 Å². The first-order valence-electron chi connectivity index (χ1n) is 8.08. The molecule has 0 aliphatic carbocycles. The van der Waals surface area contributed by atoms with Crippen molar-refractivity contribution in [1.29, 1.82) is 0 Å². The second-order valence-corrected chi connectivity index (χ2v) is 8.29. The third kappa shape index (κ3) is 5.78. The number of halogens is 1. The van der Waals surface area contributed by atoms with Crippen LogP contribution in [0, 0.1) is 20.8 Å². The number of nitrogens with one attached hydrogen (secondary N) is 1. The largest absolute Gasteiger partial charge is 0.456 e. The van der Waals surface area contributed by atoms with E-state index in [1.165, 1.54) is 0 Å². The van der Waals surface area contributed by atoms with Crippen molar-refractivity contribution in [2.24, 2.45) is 0 Å². The molecule has 1 N–H and O–H groups in total. The first kappa shape index (κ1) is 20.3. The smallest absolute Gasteiger partial charge is 0.306 e. The molecule has 1 aromatic carbocycles.